The summed E-state index contributed by atoms with van der Waals surface area (Å²) in [4.78, 5) is 14.0. The first kappa shape index (κ1) is 17.8. The van der Waals surface area contributed by atoms with Crippen LogP contribution in [0.1, 0.15) is 10.4 Å². The second kappa shape index (κ2) is 7.11. The minimum Gasteiger partial charge on any atom is -0.336 e. The number of benzene rings is 2. The maximum absolute atomic E-state index is 13.8. The molecule has 25 heavy (non-hydrogen) atoms. The summed E-state index contributed by atoms with van der Waals surface area (Å²) >= 11 is 5.87. The summed E-state index contributed by atoms with van der Waals surface area (Å²) in [7, 11) is -3.67. The third-order valence-corrected chi connectivity index (χ3v) is 6.19. The van der Waals surface area contributed by atoms with Crippen molar-refractivity contribution in [1.29, 1.82) is 0 Å². The molecule has 0 unspecified atom stereocenters. The fourth-order valence-electron chi connectivity index (χ4n) is 2.71. The van der Waals surface area contributed by atoms with E-state index in [9.17, 15) is 17.6 Å². The number of rotatable bonds is 3. The quantitative estimate of drug-likeness (QED) is 0.820. The lowest BCUT2D eigenvalue weighted by molar-refractivity contribution is 0.0693. The van der Waals surface area contributed by atoms with E-state index in [2.05, 4.69) is 0 Å². The Bertz CT molecular complexity index is 896. The zero-order valence-electron chi connectivity index (χ0n) is 13.2. The summed E-state index contributed by atoms with van der Waals surface area (Å²) in [6.07, 6.45) is 0. The normalized spacial score (nSPS) is 16.0. The largest absolute Gasteiger partial charge is 0.336 e. The Hall–Kier alpha value is -1.96. The maximum atomic E-state index is 13.8. The van der Waals surface area contributed by atoms with Crippen LogP contribution in [0.3, 0.4) is 0 Å². The van der Waals surface area contributed by atoms with E-state index < -0.39 is 21.7 Å². The zero-order chi connectivity index (χ0) is 18.0. The molecule has 1 fully saturated rings. The Labute approximate surface area is 150 Å². The van der Waals surface area contributed by atoms with E-state index in [0.29, 0.717) is 5.02 Å². The monoisotopic (exact) mass is 382 g/mol. The van der Waals surface area contributed by atoms with Crippen LogP contribution in [0, 0.1) is 5.82 Å². The molecule has 2 aromatic carbocycles. The molecule has 0 radical (unpaired) electrons. The van der Waals surface area contributed by atoms with Gasteiger partial charge in [-0.15, -0.1) is 0 Å². The lowest BCUT2D eigenvalue weighted by atomic mass is 10.1. The van der Waals surface area contributed by atoms with Crippen LogP contribution in [0.25, 0.3) is 0 Å². The van der Waals surface area contributed by atoms with Crippen LogP contribution in [-0.2, 0) is 10.0 Å². The summed E-state index contributed by atoms with van der Waals surface area (Å²) < 4.78 is 40.4. The number of carbonyl (C=O) groups excluding carboxylic acids is 1. The van der Waals surface area contributed by atoms with Gasteiger partial charge >= 0.3 is 0 Å². The molecule has 132 valence electrons. The van der Waals surface area contributed by atoms with Crippen molar-refractivity contribution in [3.05, 3.63) is 64.9 Å². The van der Waals surface area contributed by atoms with Gasteiger partial charge in [-0.2, -0.15) is 4.31 Å². The molecule has 0 saturated carbocycles. The van der Waals surface area contributed by atoms with Gasteiger partial charge in [-0.1, -0.05) is 29.8 Å². The van der Waals surface area contributed by atoms with Crippen molar-refractivity contribution in [2.75, 3.05) is 26.2 Å². The fraction of sp³-hybridized carbons (Fsp3) is 0.235. The molecule has 0 bridgehead atoms. The molecule has 1 aliphatic rings. The van der Waals surface area contributed by atoms with Crippen molar-refractivity contribution in [1.82, 2.24) is 9.21 Å². The highest BCUT2D eigenvalue weighted by Gasteiger charge is 2.31. The van der Waals surface area contributed by atoms with E-state index in [1.165, 1.54) is 39.5 Å². The van der Waals surface area contributed by atoms with Gasteiger partial charge in [-0.05, 0) is 30.3 Å². The molecule has 0 aromatic heterocycles. The van der Waals surface area contributed by atoms with Crippen molar-refractivity contribution in [2.45, 2.75) is 4.90 Å². The van der Waals surface area contributed by atoms with Crippen LogP contribution in [0.15, 0.2) is 53.4 Å². The molecule has 3 rings (SSSR count). The first-order valence-corrected chi connectivity index (χ1v) is 9.51. The number of hydrogen-bond donors (Lipinski definition) is 0. The molecule has 0 aliphatic carbocycles. The second-order valence-corrected chi connectivity index (χ2v) is 8.01. The smallest absolute Gasteiger partial charge is 0.256 e. The highest BCUT2D eigenvalue weighted by atomic mass is 35.5. The molecular weight excluding hydrogens is 367 g/mol. The standard InChI is InChI=1S/C17H16ClFN2O3S/c18-13-4-3-5-14(12-13)25(23,24)21-10-8-20(9-11-21)17(22)15-6-1-2-7-16(15)19/h1-7,12H,8-11H2. The minimum atomic E-state index is -3.67. The molecule has 1 aliphatic heterocycles. The van der Waals surface area contributed by atoms with Gasteiger partial charge in [0, 0.05) is 31.2 Å². The summed E-state index contributed by atoms with van der Waals surface area (Å²) in [5.74, 6) is -1.01. The van der Waals surface area contributed by atoms with Gasteiger partial charge in [-0.25, -0.2) is 12.8 Å². The summed E-state index contributed by atoms with van der Waals surface area (Å²) in [5, 5.41) is 0.342. The van der Waals surface area contributed by atoms with E-state index in [1.807, 2.05) is 0 Å². The minimum absolute atomic E-state index is 0.00588. The van der Waals surface area contributed by atoms with Crippen LogP contribution in [0.5, 0.6) is 0 Å². The van der Waals surface area contributed by atoms with Crippen LogP contribution >= 0.6 is 11.6 Å². The Kier molecular flexibility index (Phi) is 5.08. The zero-order valence-corrected chi connectivity index (χ0v) is 14.8. The molecule has 5 nitrogen and oxygen atoms in total. The number of amides is 1. The number of sulfonamides is 1. The van der Waals surface area contributed by atoms with Crippen LogP contribution < -0.4 is 0 Å². The van der Waals surface area contributed by atoms with Gasteiger partial charge in [0.1, 0.15) is 5.82 Å². The third-order valence-electron chi connectivity index (χ3n) is 4.06. The van der Waals surface area contributed by atoms with Crippen molar-refractivity contribution in [3.63, 3.8) is 0 Å². The van der Waals surface area contributed by atoms with Gasteiger partial charge in [0.25, 0.3) is 5.91 Å². The molecule has 8 heteroatoms. The number of carbonyl (C=O) groups is 1. The number of piperazine rings is 1. The van der Waals surface area contributed by atoms with E-state index in [4.69, 9.17) is 11.6 Å². The number of halogens is 2. The van der Waals surface area contributed by atoms with E-state index in [-0.39, 0.29) is 36.6 Å². The highest BCUT2D eigenvalue weighted by molar-refractivity contribution is 7.89. The van der Waals surface area contributed by atoms with Crippen molar-refractivity contribution < 1.29 is 17.6 Å². The molecule has 0 spiro atoms. The molecule has 2 aromatic rings. The fourth-order valence-corrected chi connectivity index (χ4v) is 4.44. The average Bonchev–Trinajstić information content (AvgIpc) is 2.62. The van der Waals surface area contributed by atoms with Gasteiger partial charge in [0.15, 0.2) is 0 Å². The predicted molar refractivity (Wildman–Crippen MR) is 92.5 cm³/mol. The third kappa shape index (κ3) is 3.68. The average molecular weight is 383 g/mol. The first-order valence-electron chi connectivity index (χ1n) is 7.69. The van der Waals surface area contributed by atoms with Gasteiger partial charge in [-0.3, -0.25) is 4.79 Å². The lowest BCUT2D eigenvalue weighted by Crippen LogP contribution is -2.50. The Morgan fingerprint density at radius 3 is 2.32 bits per heavy atom. The van der Waals surface area contributed by atoms with Crippen molar-refractivity contribution in [2.24, 2.45) is 0 Å². The van der Waals surface area contributed by atoms with Gasteiger partial charge in [0.2, 0.25) is 10.0 Å². The molecular formula is C17H16ClFN2O3S. The Balaban J connectivity index is 1.72. The van der Waals surface area contributed by atoms with Crippen molar-refractivity contribution >= 4 is 27.5 Å². The molecule has 0 N–H and O–H groups in total. The Morgan fingerprint density at radius 2 is 1.68 bits per heavy atom. The van der Waals surface area contributed by atoms with E-state index in [0.717, 1.165) is 0 Å². The first-order chi connectivity index (χ1) is 11.9. The molecule has 0 atom stereocenters. The van der Waals surface area contributed by atoms with Crippen LogP contribution in [-0.4, -0.2) is 49.7 Å². The van der Waals surface area contributed by atoms with Gasteiger partial charge in [0.05, 0.1) is 10.5 Å². The molecule has 1 saturated heterocycles. The topological polar surface area (TPSA) is 57.7 Å². The highest BCUT2D eigenvalue weighted by Crippen LogP contribution is 2.21. The van der Waals surface area contributed by atoms with Gasteiger partial charge < -0.3 is 4.90 Å². The Morgan fingerprint density at radius 1 is 1.00 bits per heavy atom. The lowest BCUT2D eigenvalue weighted by Gasteiger charge is -2.34. The second-order valence-electron chi connectivity index (χ2n) is 5.63. The van der Waals surface area contributed by atoms with Crippen LogP contribution in [0.4, 0.5) is 4.39 Å². The van der Waals surface area contributed by atoms with E-state index >= 15 is 0 Å². The molecule has 1 amide bonds. The summed E-state index contributed by atoms with van der Waals surface area (Å²) in [6, 6.07) is 11.8. The van der Waals surface area contributed by atoms with E-state index in [1.54, 1.807) is 18.2 Å². The SMILES string of the molecule is O=C(c1ccccc1F)N1CCN(S(=O)(=O)c2cccc(Cl)c2)CC1. The van der Waals surface area contributed by atoms with Crippen LogP contribution in [0.2, 0.25) is 5.02 Å². The summed E-state index contributed by atoms with van der Waals surface area (Å²) in [6.45, 7) is 0.698. The summed E-state index contributed by atoms with van der Waals surface area (Å²) in [5.41, 5.74) is -0.00588. The number of nitrogens with zero attached hydrogens (tertiary/aromatic N) is 2. The van der Waals surface area contributed by atoms with Crippen molar-refractivity contribution in [3.8, 4) is 0 Å². The molecule has 1 heterocycles. The predicted octanol–water partition coefficient (Wildman–Crippen LogP) is 2.63. The maximum Gasteiger partial charge on any atom is 0.256 e. The number of hydrogen-bond acceptors (Lipinski definition) is 3.